The molecule has 5 rings (SSSR count). The van der Waals surface area contributed by atoms with Crippen molar-refractivity contribution >= 4 is 11.9 Å². The Labute approximate surface area is 295 Å². The summed E-state index contributed by atoms with van der Waals surface area (Å²) in [5, 5.41) is 24.2. The number of nitrogens with one attached hydrogen (secondary N) is 1. The number of carboxylic acid groups (broad SMARTS) is 1. The van der Waals surface area contributed by atoms with Gasteiger partial charge in [0.15, 0.2) is 5.82 Å². The largest absolute Gasteiger partial charge is 0.494 e. The number of likely N-dealkylation sites (tertiary alicyclic amines) is 1. The number of nitrogens with zero attached hydrogens (tertiary/aromatic N) is 3. The number of unbranched alkanes of at least 4 members (excludes halogenated alkanes) is 4. The summed E-state index contributed by atoms with van der Waals surface area (Å²) in [6, 6.07) is 21.6. The number of amides is 1. The van der Waals surface area contributed by atoms with Crippen LogP contribution in [0.4, 0.5) is 0 Å². The van der Waals surface area contributed by atoms with Crippen molar-refractivity contribution in [2.75, 3.05) is 13.2 Å². The monoisotopic (exact) mass is 678 g/mol. The molecule has 0 saturated carbocycles. The normalized spacial score (nSPS) is 15.9. The number of aliphatic carboxylic acids is 1. The van der Waals surface area contributed by atoms with Gasteiger partial charge in [0, 0.05) is 35.6 Å². The van der Waals surface area contributed by atoms with Gasteiger partial charge < -0.3 is 20.3 Å². The van der Waals surface area contributed by atoms with Crippen LogP contribution in [-0.2, 0) is 11.2 Å². The average Bonchev–Trinajstić information content (AvgIpc) is 3.64. The van der Waals surface area contributed by atoms with Crippen molar-refractivity contribution in [2.45, 2.75) is 96.4 Å². The van der Waals surface area contributed by atoms with Gasteiger partial charge in [-0.05, 0) is 72.6 Å². The molecule has 3 N–H and O–H groups in total. The molecule has 0 radical (unpaired) electrons. The molecular weight excluding hydrogens is 628 g/mol. The number of aliphatic hydroxyl groups is 1. The molecule has 1 aromatic heterocycles. The summed E-state index contributed by atoms with van der Waals surface area (Å²) >= 11 is 0. The van der Waals surface area contributed by atoms with Gasteiger partial charge in [-0.3, -0.25) is 14.5 Å². The number of carbonyl (C=O) groups excluding carboxylic acids is 1. The van der Waals surface area contributed by atoms with E-state index in [0.29, 0.717) is 43.1 Å². The lowest BCUT2D eigenvalue weighted by atomic mass is 10.00. The van der Waals surface area contributed by atoms with Crippen LogP contribution < -0.4 is 10.1 Å². The number of aliphatic hydroxyl groups excluding tert-OH is 1. The average molecular weight is 679 g/mol. The Morgan fingerprint density at radius 3 is 2.18 bits per heavy atom. The van der Waals surface area contributed by atoms with Gasteiger partial charge in [0.25, 0.3) is 5.91 Å². The zero-order valence-corrected chi connectivity index (χ0v) is 29.4. The topological polar surface area (TPSA) is 125 Å². The van der Waals surface area contributed by atoms with Gasteiger partial charge in [-0.15, -0.1) is 0 Å². The first kappa shape index (κ1) is 36.7. The predicted molar refractivity (Wildman–Crippen MR) is 196 cm³/mol. The highest BCUT2D eigenvalue weighted by Gasteiger charge is 2.38. The van der Waals surface area contributed by atoms with E-state index >= 15 is 0 Å². The van der Waals surface area contributed by atoms with Gasteiger partial charge in [-0.1, -0.05) is 95.0 Å². The van der Waals surface area contributed by atoms with Crippen molar-refractivity contribution in [3.8, 4) is 28.3 Å². The zero-order chi connectivity index (χ0) is 35.5. The Morgan fingerprint density at radius 1 is 0.880 bits per heavy atom. The van der Waals surface area contributed by atoms with Gasteiger partial charge in [0.2, 0.25) is 0 Å². The lowest BCUT2D eigenvalue weighted by Gasteiger charge is -2.33. The van der Waals surface area contributed by atoms with Gasteiger partial charge in [-0.25, -0.2) is 9.97 Å². The molecule has 1 amide bonds. The fourth-order valence-corrected chi connectivity index (χ4v) is 6.41. The maximum Gasteiger partial charge on any atom is 0.320 e. The number of hydrogen-bond donors (Lipinski definition) is 3. The number of carbonyl (C=O) groups is 2. The van der Waals surface area contributed by atoms with Crippen LogP contribution in [-0.4, -0.2) is 68.4 Å². The molecule has 1 aliphatic heterocycles. The Kier molecular flexibility index (Phi) is 13.1. The van der Waals surface area contributed by atoms with E-state index in [1.807, 2.05) is 73.1 Å². The van der Waals surface area contributed by atoms with Crippen LogP contribution >= 0.6 is 0 Å². The summed E-state index contributed by atoms with van der Waals surface area (Å²) in [6.45, 7) is 7.57. The van der Waals surface area contributed by atoms with Gasteiger partial charge in [0.05, 0.1) is 12.6 Å². The summed E-state index contributed by atoms with van der Waals surface area (Å²) in [7, 11) is 0. The lowest BCUT2D eigenvalue weighted by molar-refractivity contribution is -0.147. The number of aromatic nitrogens is 2. The van der Waals surface area contributed by atoms with Gasteiger partial charge in [-0.2, -0.15) is 0 Å². The van der Waals surface area contributed by atoms with E-state index in [0.717, 1.165) is 46.6 Å². The maximum atomic E-state index is 13.3. The molecule has 1 fully saturated rings. The van der Waals surface area contributed by atoms with Crippen LogP contribution in [0.15, 0.2) is 85.2 Å². The molecule has 1 saturated heterocycles. The van der Waals surface area contributed by atoms with E-state index in [2.05, 4.69) is 36.1 Å². The molecule has 0 spiro atoms. The first-order chi connectivity index (χ1) is 24.2. The van der Waals surface area contributed by atoms with Crippen LogP contribution in [0.3, 0.4) is 0 Å². The molecule has 0 aliphatic carbocycles. The summed E-state index contributed by atoms with van der Waals surface area (Å²) < 4.78 is 5.90. The first-order valence-electron chi connectivity index (χ1n) is 18.0. The summed E-state index contributed by atoms with van der Waals surface area (Å²) in [5.74, 6) is 0.489. The third-order valence-corrected chi connectivity index (χ3v) is 9.46. The predicted octanol–water partition coefficient (Wildman–Crippen LogP) is 7.49. The van der Waals surface area contributed by atoms with E-state index in [1.165, 1.54) is 25.7 Å². The lowest BCUT2D eigenvalue weighted by Crippen LogP contribution is -2.55. The van der Waals surface area contributed by atoms with E-state index < -0.39 is 24.3 Å². The quantitative estimate of drug-likeness (QED) is 0.0982. The molecular formula is C41H50N4O5. The molecule has 50 heavy (non-hydrogen) atoms. The number of hydrogen-bond acceptors (Lipinski definition) is 7. The van der Waals surface area contributed by atoms with E-state index in [9.17, 15) is 19.8 Å². The zero-order valence-electron chi connectivity index (χ0n) is 29.4. The summed E-state index contributed by atoms with van der Waals surface area (Å²) in [5.41, 5.74) is 5.23. The summed E-state index contributed by atoms with van der Waals surface area (Å²) in [6.07, 6.45) is 9.90. The first-order valence-corrected chi connectivity index (χ1v) is 18.0. The molecule has 9 heteroatoms. The van der Waals surface area contributed by atoms with Gasteiger partial charge >= 0.3 is 5.97 Å². The molecule has 3 aromatic carbocycles. The smallest absolute Gasteiger partial charge is 0.320 e. The second-order valence-corrected chi connectivity index (χ2v) is 13.5. The highest BCUT2D eigenvalue weighted by Crippen LogP contribution is 2.26. The molecule has 9 nitrogen and oxygen atoms in total. The van der Waals surface area contributed by atoms with E-state index in [1.54, 1.807) is 17.0 Å². The molecule has 2 heterocycles. The minimum atomic E-state index is -1.18. The van der Waals surface area contributed by atoms with Crippen molar-refractivity contribution < 1.29 is 24.5 Å². The Balaban J connectivity index is 1.24. The van der Waals surface area contributed by atoms with Crippen molar-refractivity contribution in [3.63, 3.8) is 0 Å². The standard InChI is InChI=1S/C41H50N4O5/c1-4-5-6-7-8-24-50-35-21-19-31(20-22-35)34-26-42-38(43-27-34)32-13-11-29(12-14-32)25-36(40(47)45-23-9-10-37(45)41(48)49)44-39(46)33-17-15-30(16-18-33)28(2)3/h11-22,26-28,36-37,40,47H,4-10,23-25H2,1-3H3,(H,44,46)(H,48,49)/t36-,37-,40?/m0/s1. The van der Waals surface area contributed by atoms with Crippen molar-refractivity contribution in [1.82, 2.24) is 20.2 Å². The fourth-order valence-electron chi connectivity index (χ4n) is 6.41. The minimum absolute atomic E-state index is 0.304. The second-order valence-electron chi connectivity index (χ2n) is 13.5. The number of rotatable bonds is 17. The SMILES string of the molecule is CCCCCCCOc1ccc(-c2cnc(-c3ccc(C[C@H](NC(=O)c4ccc(C(C)C)cc4)C(O)N4CCC[C@H]4C(=O)O)cc3)nc2)cc1. The highest BCUT2D eigenvalue weighted by atomic mass is 16.5. The van der Waals surface area contributed by atoms with Crippen molar-refractivity contribution in [1.29, 1.82) is 0 Å². The molecule has 1 aliphatic rings. The van der Waals surface area contributed by atoms with Crippen LogP contribution in [0.2, 0.25) is 0 Å². The summed E-state index contributed by atoms with van der Waals surface area (Å²) in [4.78, 5) is 36.1. The Hall–Kier alpha value is -4.60. The van der Waals surface area contributed by atoms with Crippen LogP contribution in [0.5, 0.6) is 5.75 Å². The molecule has 1 unspecified atom stereocenters. The van der Waals surface area contributed by atoms with Crippen molar-refractivity contribution in [2.24, 2.45) is 0 Å². The second kappa shape index (κ2) is 17.9. The maximum absolute atomic E-state index is 13.3. The molecule has 0 bridgehead atoms. The third-order valence-electron chi connectivity index (χ3n) is 9.46. The van der Waals surface area contributed by atoms with E-state index in [-0.39, 0.29) is 5.91 Å². The highest BCUT2D eigenvalue weighted by molar-refractivity contribution is 5.94. The van der Waals surface area contributed by atoms with Crippen molar-refractivity contribution in [3.05, 3.63) is 102 Å². The van der Waals surface area contributed by atoms with Crippen LogP contribution in [0.25, 0.3) is 22.5 Å². The third kappa shape index (κ3) is 9.76. The molecule has 264 valence electrons. The minimum Gasteiger partial charge on any atom is -0.494 e. The van der Waals surface area contributed by atoms with Crippen LogP contribution in [0.1, 0.15) is 93.1 Å². The molecule has 4 aromatic rings. The van der Waals surface area contributed by atoms with Gasteiger partial charge in [0.1, 0.15) is 18.0 Å². The molecule has 3 atom stereocenters. The number of benzene rings is 3. The Bertz CT molecular complexity index is 1660. The number of carboxylic acids is 1. The Morgan fingerprint density at radius 2 is 1.54 bits per heavy atom. The number of ether oxygens (including phenoxy) is 1. The van der Waals surface area contributed by atoms with Crippen LogP contribution in [0, 0.1) is 0 Å². The fraction of sp³-hybridized carbons (Fsp3) is 0.415. The van der Waals surface area contributed by atoms with E-state index in [4.69, 9.17) is 4.74 Å².